The zero-order valence-corrected chi connectivity index (χ0v) is 17.5. The summed E-state index contributed by atoms with van der Waals surface area (Å²) in [5, 5.41) is 6.38. The van der Waals surface area contributed by atoms with E-state index in [-0.39, 0.29) is 22.6 Å². The van der Waals surface area contributed by atoms with Gasteiger partial charge in [-0.2, -0.15) is 0 Å². The average molecular weight is 438 g/mol. The van der Waals surface area contributed by atoms with Crippen LogP contribution in [0.15, 0.2) is 92.5 Å². The van der Waals surface area contributed by atoms with Crippen LogP contribution in [0.2, 0.25) is 0 Å². The molecule has 0 atom stereocenters. The van der Waals surface area contributed by atoms with Crippen LogP contribution >= 0.6 is 0 Å². The summed E-state index contributed by atoms with van der Waals surface area (Å²) in [6.07, 6.45) is 0. The van der Waals surface area contributed by atoms with Gasteiger partial charge >= 0.3 is 0 Å². The van der Waals surface area contributed by atoms with E-state index in [0.717, 1.165) is 11.6 Å². The number of anilines is 2. The molecule has 7 nitrogen and oxygen atoms in total. The molecule has 0 unspecified atom stereocenters. The first kappa shape index (κ1) is 20.3. The Hall–Kier alpha value is -4.65. The van der Waals surface area contributed by atoms with Crippen LogP contribution in [0, 0.1) is 6.92 Å². The SMILES string of the molecule is Cc1ccc2c(=O)cc(C(=O)Nc3c(C(=O)Nc4ccccc4)oc4ccccc34)oc2c1. The Labute approximate surface area is 187 Å². The Kier molecular flexibility index (Phi) is 4.99. The first-order valence-electron chi connectivity index (χ1n) is 10.2. The number of aryl methyl sites for hydroxylation is 1. The lowest BCUT2D eigenvalue weighted by molar-refractivity contribution is 0.0996. The van der Waals surface area contributed by atoms with Gasteiger partial charge in [0.05, 0.1) is 5.39 Å². The number of benzene rings is 3. The highest BCUT2D eigenvalue weighted by atomic mass is 16.4. The Morgan fingerprint density at radius 1 is 0.727 bits per heavy atom. The van der Waals surface area contributed by atoms with Crippen molar-refractivity contribution in [1.82, 2.24) is 0 Å². The largest absolute Gasteiger partial charge is 0.451 e. The lowest BCUT2D eigenvalue weighted by Crippen LogP contribution is -2.18. The van der Waals surface area contributed by atoms with Crippen LogP contribution in [0.1, 0.15) is 26.7 Å². The summed E-state index contributed by atoms with van der Waals surface area (Å²) in [4.78, 5) is 38.5. The van der Waals surface area contributed by atoms with Gasteiger partial charge in [-0.1, -0.05) is 36.4 Å². The molecule has 0 radical (unpaired) electrons. The molecule has 0 bridgehead atoms. The van der Waals surface area contributed by atoms with Gasteiger partial charge in [0.1, 0.15) is 16.9 Å². The van der Waals surface area contributed by atoms with Gasteiger partial charge in [-0.15, -0.1) is 0 Å². The Bertz CT molecular complexity index is 1580. The topological polar surface area (TPSA) is 102 Å². The standard InChI is InChI=1S/C26H18N2O5/c1-15-11-12-17-19(29)14-22(32-21(17)13-15)25(30)28-23-18-9-5-6-10-20(18)33-24(23)26(31)27-16-7-3-2-4-8-16/h2-14H,1H3,(H,27,31)(H,28,30). The van der Waals surface area contributed by atoms with Crippen molar-refractivity contribution >= 4 is 45.1 Å². The quantitative estimate of drug-likeness (QED) is 0.394. The van der Waals surface area contributed by atoms with E-state index in [4.69, 9.17) is 8.83 Å². The van der Waals surface area contributed by atoms with Gasteiger partial charge in [0, 0.05) is 17.1 Å². The van der Waals surface area contributed by atoms with Gasteiger partial charge in [-0.05, 0) is 48.9 Å². The lowest BCUT2D eigenvalue weighted by atomic mass is 10.1. The molecular formula is C26H18N2O5. The van der Waals surface area contributed by atoms with E-state index >= 15 is 0 Å². The van der Waals surface area contributed by atoms with Crippen molar-refractivity contribution in [3.8, 4) is 0 Å². The van der Waals surface area contributed by atoms with Crippen molar-refractivity contribution in [2.75, 3.05) is 10.6 Å². The molecule has 0 aliphatic carbocycles. The third-order valence-corrected chi connectivity index (χ3v) is 5.18. The molecule has 2 aromatic heterocycles. The molecule has 0 aliphatic heterocycles. The molecule has 5 aromatic rings. The number of carbonyl (C=O) groups excluding carboxylic acids is 2. The van der Waals surface area contributed by atoms with Crippen LogP contribution in [0.25, 0.3) is 21.9 Å². The minimum Gasteiger partial charge on any atom is -0.451 e. The van der Waals surface area contributed by atoms with Gasteiger partial charge in [0.15, 0.2) is 11.2 Å². The Balaban J connectivity index is 1.54. The predicted molar refractivity (Wildman–Crippen MR) is 126 cm³/mol. The number of hydrogen-bond donors (Lipinski definition) is 2. The van der Waals surface area contributed by atoms with E-state index in [1.807, 2.05) is 13.0 Å². The summed E-state index contributed by atoms with van der Waals surface area (Å²) in [5.74, 6) is -1.43. The van der Waals surface area contributed by atoms with Crippen LogP contribution in [0.5, 0.6) is 0 Å². The summed E-state index contributed by atoms with van der Waals surface area (Å²) in [6.45, 7) is 1.86. The summed E-state index contributed by atoms with van der Waals surface area (Å²) in [5.41, 5.74) is 2.07. The van der Waals surface area contributed by atoms with E-state index in [2.05, 4.69) is 10.6 Å². The fourth-order valence-electron chi connectivity index (χ4n) is 3.59. The molecule has 0 fully saturated rings. The fraction of sp³-hybridized carbons (Fsp3) is 0.0385. The van der Waals surface area contributed by atoms with Crippen LogP contribution in [0.4, 0.5) is 11.4 Å². The van der Waals surface area contributed by atoms with Gasteiger partial charge < -0.3 is 19.5 Å². The van der Waals surface area contributed by atoms with Crippen molar-refractivity contribution < 1.29 is 18.4 Å². The maximum Gasteiger partial charge on any atom is 0.293 e. The first-order chi connectivity index (χ1) is 16.0. The monoisotopic (exact) mass is 438 g/mol. The number of amides is 2. The lowest BCUT2D eigenvalue weighted by Gasteiger charge is -2.08. The molecule has 7 heteroatoms. The number of hydrogen-bond acceptors (Lipinski definition) is 5. The van der Waals surface area contributed by atoms with Crippen molar-refractivity contribution in [3.63, 3.8) is 0 Å². The normalized spacial score (nSPS) is 10.9. The molecular weight excluding hydrogens is 420 g/mol. The first-order valence-corrected chi connectivity index (χ1v) is 10.2. The molecule has 0 spiro atoms. The number of carbonyl (C=O) groups is 2. The third kappa shape index (κ3) is 3.87. The van der Waals surface area contributed by atoms with Crippen LogP contribution in [-0.2, 0) is 0 Å². The summed E-state index contributed by atoms with van der Waals surface area (Å²) < 4.78 is 11.5. The molecule has 0 saturated carbocycles. The number of furan rings is 1. The van der Waals surface area contributed by atoms with E-state index in [0.29, 0.717) is 27.6 Å². The van der Waals surface area contributed by atoms with Crippen molar-refractivity contribution in [2.45, 2.75) is 6.92 Å². The number of rotatable bonds is 4. The highest BCUT2D eigenvalue weighted by molar-refractivity contribution is 6.16. The fourth-order valence-corrected chi connectivity index (χ4v) is 3.59. The zero-order valence-electron chi connectivity index (χ0n) is 17.5. The molecule has 5 rings (SSSR count). The molecule has 3 aromatic carbocycles. The van der Waals surface area contributed by atoms with Crippen LogP contribution in [-0.4, -0.2) is 11.8 Å². The van der Waals surface area contributed by atoms with Crippen molar-refractivity contribution in [1.29, 1.82) is 0 Å². The van der Waals surface area contributed by atoms with E-state index in [9.17, 15) is 14.4 Å². The highest BCUT2D eigenvalue weighted by Crippen LogP contribution is 2.32. The van der Waals surface area contributed by atoms with Crippen molar-refractivity contribution in [3.05, 3.63) is 106 Å². The summed E-state index contributed by atoms with van der Waals surface area (Å²) >= 11 is 0. The number of fused-ring (bicyclic) bond motifs is 2. The average Bonchev–Trinajstić information content (AvgIpc) is 3.18. The smallest absolute Gasteiger partial charge is 0.293 e. The number of nitrogens with one attached hydrogen (secondary N) is 2. The predicted octanol–water partition coefficient (Wildman–Crippen LogP) is 5.35. The minimum absolute atomic E-state index is 0.0626. The molecule has 0 aliphatic rings. The maximum absolute atomic E-state index is 13.1. The Morgan fingerprint density at radius 2 is 1.48 bits per heavy atom. The van der Waals surface area contributed by atoms with Gasteiger partial charge in [0.25, 0.3) is 11.8 Å². The molecule has 2 heterocycles. The summed E-state index contributed by atoms with van der Waals surface area (Å²) in [6, 6.07) is 22.2. The second kappa shape index (κ2) is 8.12. The van der Waals surface area contributed by atoms with Gasteiger partial charge in [0.2, 0.25) is 5.76 Å². The Morgan fingerprint density at radius 3 is 2.30 bits per heavy atom. The minimum atomic E-state index is -0.671. The molecule has 2 amide bonds. The second-order valence-corrected chi connectivity index (χ2v) is 7.55. The highest BCUT2D eigenvalue weighted by Gasteiger charge is 2.24. The van der Waals surface area contributed by atoms with Gasteiger partial charge in [-0.3, -0.25) is 14.4 Å². The van der Waals surface area contributed by atoms with Crippen molar-refractivity contribution in [2.24, 2.45) is 0 Å². The van der Waals surface area contributed by atoms with E-state index in [1.54, 1.807) is 66.7 Å². The number of para-hydroxylation sites is 2. The van der Waals surface area contributed by atoms with Crippen LogP contribution in [0.3, 0.4) is 0 Å². The molecule has 2 N–H and O–H groups in total. The van der Waals surface area contributed by atoms with E-state index < -0.39 is 11.8 Å². The maximum atomic E-state index is 13.1. The van der Waals surface area contributed by atoms with Gasteiger partial charge in [-0.25, -0.2) is 0 Å². The molecule has 162 valence electrons. The second-order valence-electron chi connectivity index (χ2n) is 7.55. The van der Waals surface area contributed by atoms with Crippen LogP contribution < -0.4 is 16.1 Å². The third-order valence-electron chi connectivity index (χ3n) is 5.18. The summed E-state index contributed by atoms with van der Waals surface area (Å²) in [7, 11) is 0. The zero-order chi connectivity index (χ0) is 22.9. The molecule has 33 heavy (non-hydrogen) atoms. The van der Waals surface area contributed by atoms with E-state index in [1.165, 1.54) is 0 Å². The molecule has 0 saturated heterocycles.